The average Bonchev–Trinajstić information content (AvgIpc) is 3.84. The number of aliphatic hydroxyl groups is 5. The van der Waals surface area contributed by atoms with E-state index in [4.69, 9.17) is 5.73 Å². The Morgan fingerprint density at radius 2 is 1.80 bits per heavy atom. The summed E-state index contributed by atoms with van der Waals surface area (Å²) in [4.78, 5) is 39.0. The maximum atomic E-state index is 15.1. The number of rotatable bonds is 7. The number of amides is 1. The van der Waals surface area contributed by atoms with Crippen LogP contribution in [0, 0.1) is 11.3 Å². The molecular weight excluding hydrogens is 699 g/mol. The van der Waals surface area contributed by atoms with Gasteiger partial charge in [0, 0.05) is 72.4 Å². The number of primary amides is 1. The van der Waals surface area contributed by atoms with Gasteiger partial charge in [0.05, 0.1) is 23.7 Å². The van der Waals surface area contributed by atoms with E-state index >= 15 is 4.79 Å². The summed E-state index contributed by atoms with van der Waals surface area (Å²) in [7, 11) is 1.81. The minimum absolute atomic E-state index is 0.136. The third-order valence-electron chi connectivity index (χ3n) is 15.4. The van der Waals surface area contributed by atoms with Crippen LogP contribution in [0.3, 0.4) is 0 Å². The monoisotopic (exact) mass is 753 g/mol. The van der Waals surface area contributed by atoms with Gasteiger partial charge in [-0.05, 0) is 85.4 Å². The lowest BCUT2D eigenvalue weighted by Crippen LogP contribution is -2.81. The molecule has 294 valence electrons. The Bertz CT molecular complexity index is 2120. The molecule has 2 aromatic carbocycles. The Morgan fingerprint density at radius 3 is 2.51 bits per heavy atom. The quantitative estimate of drug-likeness (QED) is 0.175. The normalized spacial score (nSPS) is 39.1. The third-order valence-corrected chi connectivity index (χ3v) is 15.4. The Kier molecular flexibility index (Phi) is 8.36. The van der Waals surface area contributed by atoms with Crippen molar-refractivity contribution in [3.63, 3.8) is 0 Å². The number of benzene rings is 2. The van der Waals surface area contributed by atoms with Gasteiger partial charge in [-0.1, -0.05) is 50.3 Å². The average molecular weight is 754 g/mol. The van der Waals surface area contributed by atoms with Crippen molar-refractivity contribution in [3.8, 4) is 0 Å². The fourth-order valence-electron chi connectivity index (χ4n) is 13.2. The lowest BCUT2D eigenvalue weighted by Gasteiger charge is -2.63. The molecule has 1 saturated carbocycles. The van der Waals surface area contributed by atoms with Gasteiger partial charge in [-0.15, -0.1) is 0 Å². The topological polar surface area (TPSA) is 187 Å². The number of aromatic amines is 1. The third kappa shape index (κ3) is 4.58. The molecule has 1 aromatic heterocycles. The van der Waals surface area contributed by atoms with Crippen molar-refractivity contribution in [2.75, 3.05) is 51.3 Å². The summed E-state index contributed by atoms with van der Waals surface area (Å²) in [5.74, 6) is -1.53. The smallest absolute Gasteiger partial charge is 0.254 e. The van der Waals surface area contributed by atoms with E-state index < -0.39 is 64.5 Å². The number of para-hydroxylation sites is 1. The van der Waals surface area contributed by atoms with E-state index in [2.05, 4.69) is 20.9 Å². The number of ketones is 1. The van der Waals surface area contributed by atoms with E-state index in [0.29, 0.717) is 87.3 Å². The van der Waals surface area contributed by atoms with Crippen LogP contribution in [0.5, 0.6) is 0 Å². The number of aromatic nitrogens is 1. The summed E-state index contributed by atoms with van der Waals surface area (Å²) in [6.07, 6.45) is 5.43. The van der Waals surface area contributed by atoms with Crippen LogP contribution in [0.4, 0.5) is 5.69 Å². The fraction of sp³-hybridized carbons (Fsp3) is 0.581. The van der Waals surface area contributed by atoms with Gasteiger partial charge < -0.3 is 41.2 Å². The van der Waals surface area contributed by atoms with Crippen molar-refractivity contribution < 1.29 is 35.1 Å². The number of H-pyrrole nitrogens is 1. The highest BCUT2D eigenvalue weighted by Gasteiger charge is 2.78. The molecule has 1 unspecified atom stereocenters. The predicted octanol–water partition coefficient (Wildman–Crippen LogP) is 1.60. The number of hydrogen-bond donors (Lipinski definition) is 7. The summed E-state index contributed by atoms with van der Waals surface area (Å²) < 4.78 is 0. The molecule has 1 aliphatic carbocycles. The number of Topliss-reactive ketones (excluding diaryl/α,β-unsaturated/α-hetero) is 1. The molecule has 6 heterocycles. The van der Waals surface area contributed by atoms with Crippen molar-refractivity contribution in [2.45, 2.75) is 99.2 Å². The molecule has 12 nitrogen and oxygen atoms in total. The van der Waals surface area contributed by atoms with Crippen LogP contribution in [0.25, 0.3) is 10.9 Å². The molecule has 1 amide bonds. The number of aliphatic hydroxyl groups excluding tert-OH is 3. The van der Waals surface area contributed by atoms with Crippen LogP contribution < -0.4 is 10.6 Å². The van der Waals surface area contributed by atoms with Crippen molar-refractivity contribution >= 4 is 28.3 Å². The number of nitrogens with one attached hydrogen (secondary N) is 1. The van der Waals surface area contributed by atoms with Crippen LogP contribution in [0.2, 0.25) is 0 Å². The summed E-state index contributed by atoms with van der Waals surface area (Å²) in [5, 5.41) is 60.3. The molecule has 10 atom stereocenters. The first-order valence-electron chi connectivity index (χ1n) is 20.1. The number of nitrogens with two attached hydrogens (primary N) is 1. The Balaban J connectivity index is 1.36. The zero-order valence-corrected chi connectivity index (χ0v) is 32.1. The molecule has 12 heteroatoms. The van der Waals surface area contributed by atoms with Crippen molar-refractivity contribution in [1.82, 2.24) is 14.8 Å². The highest BCUT2D eigenvalue weighted by molar-refractivity contribution is 5.98. The molecule has 1 spiro atoms. The van der Waals surface area contributed by atoms with E-state index in [1.165, 1.54) is 0 Å². The minimum Gasteiger partial charge on any atom is -0.392 e. The first-order valence-corrected chi connectivity index (χ1v) is 20.1. The second-order valence-corrected chi connectivity index (χ2v) is 17.7. The summed E-state index contributed by atoms with van der Waals surface area (Å²) in [5.41, 5.74) is 4.62. The molecule has 8 N–H and O–H groups in total. The first kappa shape index (κ1) is 37.0. The molecule has 3 fully saturated rings. The second-order valence-electron chi connectivity index (χ2n) is 17.7. The highest BCUT2D eigenvalue weighted by atomic mass is 16.4. The van der Waals surface area contributed by atoms with Crippen LogP contribution in [0.1, 0.15) is 73.9 Å². The number of anilines is 1. The summed E-state index contributed by atoms with van der Waals surface area (Å²) >= 11 is 0. The standard InChI is InChI=1S/C43H55N5O7/c1-4-39(54)19-25-20-42(33(51)23-50,34-28(11-15-47(21-25)24-39)27-9-6-7-10-31(27)45-34)29-18-30-32(17-26(29)22-49)46(3)36-41(30)13-16-48-14-8-12-40(5-2,35(41)48)37(52)43(36,55)38(44)53/h6-10,12,17-18,25,35-37,45,49-50,52,54-55H,4-5,11,13-16,19-24H2,1-3H3,(H2,44,53)/t25-,35+,36-,37-,39+,40-,41-,42-,43+/m1/s1. The molecule has 0 radical (unpaired) electrons. The van der Waals surface area contributed by atoms with Crippen LogP contribution in [0.15, 0.2) is 48.6 Å². The fourth-order valence-corrected chi connectivity index (χ4v) is 13.2. The van der Waals surface area contributed by atoms with Crippen molar-refractivity contribution in [3.05, 3.63) is 76.5 Å². The molecular formula is C43H55N5O7. The zero-order chi connectivity index (χ0) is 38.9. The zero-order valence-electron chi connectivity index (χ0n) is 32.1. The number of piperidine rings is 1. The van der Waals surface area contributed by atoms with E-state index in [1.54, 1.807) is 0 Å². The molecule has 2 bridgehead atoms. The van der Waals surface area contributed by atoms with E-state index in [9.17, 15) is 30.3 Å². The summed E-state index contributed by atoms with van der Waals surface area (Å²) in [6.45, 7) is 6.00. The van der Waals surface area contributed by atoms with Crippen molar-refractivity contribution in [1.29, 1.82) is 0 Å². The van der Waals surface area contributed by atoms with Gasteiger partial charge in [-0.25, -0.2) is 0 Å². The lowest BCUT2D eigenvalue weighted by atomic mass is 9.47. The SMILES string of the molecule is CC[C@]1(O)C[C@H]2CN(CCc3c([nH]c4ccccc34)[C@@](C(=O)CO)(c3cc4c(cc3CO)N(C)[C@H]3[C@@](O)(C(N)=O)[C@H](O)[C@]5(CC)C=CCN6CC[C@]43[C@@H]65)C2)C1. The molecule has 6 aliphatic rings. The van der Waals surface area contributed by atoms with E-state index in [-0.39, 0.29) is 18.4 Å². The number of nitrogens with zero attached hydrogens (tertiary/aromatic N) is 3. The number of hydrogen-bond acceptors (Lipinski definition) is 10. The lowest BCUT2D eigenvalue weighted by molar-refractivity contribution is -0.201. The first-order chi connectivity index (χ1) is 26.3. The second kappa shape index (κ2) is 12.4. The Labute approximate surface area is 321 Å². The van der Waals surface area contributed by atoms with Gasteiger partial charge in [0.25, 0.3) is 5.91 Å². The van der Waals surface area contributed by atoms with Gasteiger partial charge in [0.1, 0.15) is 12.7 Å². The van der Waals surface area contributed by atoms with Gasteiger partial charge in [0.15, 0.2) is 11.4 Å². The molecule has 5 aliphatic heterocycles. The number of carbonyl (C=O) groups is 2. The number of carbonyl (C=O) groups excluding carboxylic acids is 2. The van der Waals surface area contributed by atoms with Gasteiger partial charge in [-0.3, -0.25) is 19.4 Å². The van der Waals surface area contributed by atoms with E-state index in [1.807, 2.05) is 68.3 Å². The van der Waals surface area contributed by atoms with Crippen molar-refractivity contribution in [2.24, 2.45) is 17.1 Å². The highest BCUT2D eigenvalue weighted by Crippen LogP contribution is 2.67. The van der Waals surface area contributed by atoms with Crippen LogP contribution >= 0.6 is 0 Å². The number of likely N-dealkylation sites (N-methyl/N-ethyl adjacent to an activating group) is 1. The maximum Gasteiger partial charge on any atom is 0.254 e. The summed E-state index contributed by atoms with van der Waals surface area (Å²) in [6, 6.07) is 10.7. The molecule has 9 rings (SSSR count). The van der Waals surface area contributed by atoms with Gasteiger partial charge in [-0.2, -0.15) is 0 Å². The maximum absolute atomic E-state index is 15.1. The Hall–Kier alpha value is -3.62. The molecule has 55 heavy (non-hydrogen) atoms. The van der Waals surface area contributed by atoms with E-state index in [0.717, 1.165) is 22.0 Å². The minimum atomic E-state index is -2.34. The largest absolute Gasteiger partial charge is 0.392 e. The van der Waals surface area contributed by atoms with Crippen LogP contribution in [-0.2, 0) is 33.4 Å². The van der Waals surface area contributed by atoms with Crippen LogP contribution in [-0.4, -0.2) is 128 Å². The Morgan fingerprint density at radius 1 is 1.02 bits per heavy atom. The predicted molar refractivity (Wildman–Crippen MR) is 208 cm³/mol. The molecule has 3 aromatic rings. The van der Waals surface area contributed by atoms with Gasteiger partial charge in [0.2, 0.25) is 0 Å². The molecule has 2 saturated heterocycles. The van der Waals surface area contributed by atoms with Gasteiger partial charge >= 0.3 is 0 Å². The number of fused-ring (bicyclic) bond motifs is 6.